The summed E-state index contributed by atoms with van der Waals surface area (Å²) in [5.74, 6) is 1.65. The summed E-state index contributed by atoms with van der Waals surface area (Å²) in [5, 5.41) is 4.55. The standard InChI is InChI=1S/C15H18Cl2N2O/c1-19(2)8-7-18-10-12-4-6-15(20-12)13-5-3-11(16)9-14(13)17/h3-6,9,18H,7-8,10H2,1-2H3. The van der Waals surface area contributed by atoms with Gasteiger partial charge in [-0.05, 0) is 44.4 Å². The summed E-state index contributed by atoms with van der Waals surface area (Å²) in [4.78, 5) is 2.13. The van der Waals surface area contributed by atoms with E-state index in [9.17, 15) is 0 Å². The Kier molecular flexibility index (Phi) is 5.49. The van der Waals surface area contributed by atoms with E-state index >= 15 is 0 Å². The predicted molar refractivity (Wildman–Crippen MR) is 84.4 cm³/mol. The SMILES string of the molecule is CN(C)CCNCc1ccc(-c2ccc(Cl)cc2Cl)o1. The first kappa shape index (κ1) is 15.4. The summed E-state index contributed by atoms with van der Waals surface area (Å²) in [6, 6.07) is 9.28. The van der Waals surface area contributed by atoms with Crippen LogP contribution in [0.1, 0.15) is 5.76 Å². The van der Waals surface area contributed by atoms with Crippen LogP contribution in [0, 0.1) is 0 Å². The maximum Gasteiger partial charge on any atom is 0.135 e. The van der Waals surface area contributed by atoms with Crippen LogP contribution in [0.5, 0.6) is 0 Å². The van der Waals surface area contributed by atoms with E-state index in [4.69, 9.17) is 27.6 Å². The number of nitrogens with one attached hydrogen (secondary N) is 1. The maximum absolute atomic E-state index is 6.17. The highest BCUT2D eigenvalue weighted by Crippen LogP contribution is 2.31. The molecule has 0 saturated heterocycles. The molecule has 0 spiro atoms. The predicted octanol–water partition coefficient (Wildman–Crippen LogP) is 3.90. The van der Waals surface area contributed by atoms with Crippen molar-refractivity contribution < 1.29 is 4.42 Å². The minimum atomic E-state index is 0.596. The van der Waals surface area contributed by atoms with Crippen molar-refractivity contribution >= 4 is 23.2 Å². The number of furan rings is 1. The van der Waals surface area contributed by atoms with Gasteiger partial charge in [-0.1, -0.05) is 23.2 Å². The Morgan fingerprint density at radius 3 is 2.65 bits per heavy atom. The minimum absolute atomic E-state index is 0.596. The highest BCUT2D eigenvalue weighted by Gasteiger charge is 2.09. The fraction of sp³-hybridized carbons (Fsp3) is 0.333. The van der Waals surface area contributed by atoms with Gasteiger partial charge in [0.2, 0.25) is 0 Å². The first-order chi connectivity index (χ1) is 9.56. The molecule has 20 heavy (non-hydrogen) atoms. The van der Waals surface area contributed by atoms with Crippen LogP contribution in [0.4, 0.5) is 0 Å². The topological polar surface area (TPSA) is 28.4 Å². The van der Waals surface area contributed by atoms with Crippen molar-refractivity contribution in [2.24, 2.45) is 0 Å². The fourth-order valence-electron chi connectivity index (χ4n) is 1.82. The van der Waals surface area contributed by atoms with Crippen molar-refractivity contribution in [2.75, 3.05) is 27.2 Å². The van der Waals surface area contributed by atoms with Crippen molar-refractivity contribution in [1.82, 2.24) is 10.2 Å². The molecule has 0 fully saturated rings. The Bertz CT molecular complexity index is 567. The summed E-state index contributed by atoms with van der Waals surface area (Å²) >= 11 is 12.1. The van der Waals surface area contributed by atoms with Crippen LogP contribution >= 0.6 is 23.2 Å². The van der Waals surface area contributed by atoms with Crippen molar-refractivity contribution in [2.45, 2.75) is 6.54 Å². The van der Waals surface area contributed by atoms with E-state index in [2.05, 4.69) is 24.3 Å². The smallest absolute Gasteiger partial charge is 0.135 e. The molecule has 3 nitrogen and oxygen atoms in total. The largest absolute Gasteiger partial charge is 0.460 e. The van der Waals surface area contributed by atoms with E-state index in [-0.39, 0.29) is 0 Å². The van der Waals surface area contributed by atoms with E-state index in [0.717, 1.165) is 30.2 Å². The Morgan fingerprint density at radius 1 is 1.15 bits per heavy atom. The zero-order chi connectivity index (χ0) is 14.5. The highest BCUT2D eigenvalue weighted by molar-refractivity contribution is 6.36. The lowest BCUT2D eigenvalue weighted by atomic mass is 10.2. The normalized spacial score (nSPS) is 11.2. The van der Waals surface area contributed by atoms with E-state index in [1.165, 1.54) is 0 Å². The minimum Gasteiger partial charge on any atom is -0.460 e. The molecule has 0 unspecified atom stereocenters. The van der Waals surface area contributed by atoms with Gasteiger partial charge in [0.15, 0.2) is 0 Å². The molecule has 0 atom stereocenters. The van der Waals surface area contributed by atoms with Crippen LogP contribution < -0.4 is 5.32 Å². The molecule has 0 saturated carbocycles. The fourth-order valence-corrected chi connectivity index (χ4v) is 2.32. The van der Waals surface area contributed by atoms with Crippen molar-refractivity contribution in [3.63, 3.8) is 0 Å². The van der Waals surface area contributed by atoms with Crippen LogP contribution in [0.2, 0.25) is 10.0 Å². The number of halogens is 2. The number of benzene rings is 1. The molecule has 0 aliphatic rings. The van der Waals surface area contributed by atoms with Crippen LogP contribution in [0.15, 0.2) is 34.7 Å². The van der Waals surface area contributed by atoms with Crippen LogP contribution in [-0.2, 0) is 6.54 Å². The Hall–Kier alpha value is -1.00. The second-order valence-electron chi connectivity index (χ2n) is 4.87. The number of nitrogens with zero attached hydrogens (tertiary/aromatic N) is 1. The molecule has 0 aliphatic heterocycles. The Labute approximate surface area is 129 Å². The van der Waals surface area contributed by atoms with Gasteiger partial charge in [-0.3, -0.25) is 0 Å². The van der Waals surface area contributed by atoms with Crippen LogP contribution in [0.3, 0.4) is 0 Å². The molecule has 0 amide bonds. The second-order valence-corrected chi connectivity index (χ2v) is 5.71. The van der Waals surface area contributed by atoms with E-state index in [0.29, 0.717) is 16.6 Å². The van der Waals surface area contributed by atoms with Gasteiger partial charge in [0.25, 0.3) is 0 Å². The van der Waals surface area contributed by atoms with Gasteiger partial charge in [-0.15, -0.1) is 0 Å². The number of hydrogen-bond donors (Lipinski definition) is 1. The molecular formula is C15H18Cl2N2O. The number of hydrogen-bond acceptors (Lipinski definition) is 3. The first-order valence-corrected chi connectivity index (χ1v) is 7.21. The van der Waals surface area contributed by atoms with Gasteiger partial charge in [0.1, 0.15) is 11.5 Å². The summed E-state index contributed by atoms with van der Waals surface area (Å²) in [7, 11) is 4.10. The molecule has 1 heterocycles. The summed E-state index contributed by atoms with van der Waals surface area (Å²) in [6.07, 6.45) is 0. The molecule has 108 valence electrons. The molecule has 0 aliphatic carbocycles. The van der Waals surface area contributed by atoms with Gasteiger partial charge >= 0.3 is 0 Å². The van der Waals surface area contributed by atoms with E-state index in [1.807, 2.05) is 18.2 Å². The Balaban J connectivity index is 1.98. The zero-order valence-electron chi connectivity index (χ0n) is 11.6. The molecule has 1 aromatic heterocycles. The zero-order valence-corrected chi connectivity index (χ0v) is 13.1. The summed E-state index contributed by atoms with van der Waals surface area (Å²) in [5.41, 5.74) is 0.857. The lowest BCUT2D eigenvalue weighted by molar-refractivity contribution is 0.392. The molecule has 5 heteroatoms. The molecular weight excluding hydrogens is 295 g/mol. The van der Waals surface area contributed by atoms with Gasteiger partial charge in [-0.2, -0.15) is 0 Å². The maximum atomic E-state index is 6.17. The van der Waals surface area contributed by atoms with E-state index < -0.39 is 0 Å². The Morgan fingerprint density at radius 2 is 1.95 bits per heavy atom. The quantitative estimate of drug-likeness (QED) is 0.820. The first-order valence-electron chi connectivity index (χ1n) is 6.46. The average Bonchev–Trinajstić information content (AvgIpc) is 2.83. The molecule has 0 radical (unpaired) electrons. The van der Waals surface area contributed by atoms with Gasteiger partial charge in [0, 0.05) is 23.7 Å². The highest BCUT2D eigenvalue weighted by atomic mass is 35.5. The molecule has 2 aromatic rings. The van der Waals surface area contributed by atoms with E-state index in [1.54, 1.807) is 12.1 Å². The van der Waals surface area contributed by atoms with Gasteiger partial charge in [0.05, 0.1) is 11.6 Å². The molecule has 2 rings (SSSR count). The van der Waals surface area contributed by atoms with Gasteiger partial charge < -0.3 is 14.6 Å². The third kappa shape index (κ3) is 4.25. The second kappa shape index (κ2) is 7.14. The van der Waals surface area contributed by atoms with Crippen molar-refractivity contribution in [3.05, 3.63) is 46.1 Å². The van der Waals surface area contributed by atoms with Crippen LogP contribution in [0.25, 0.3) is 11.3 Å². The summed E-state index contributed by atoms with van der Waals surface area (Å²) < 4.78 is 5.79. The average molecular weight is 313 g/mol. The third-order valence-electron chi connectivity index (χ3n) is 2.89. The lowest BCUT2D eigenvalue weighted by Gasteiger charge is -2.09. The molecule has 0 bridgehead atoms. The third-order valence-corrected chi connectivity index (χ3v) is 3.44. The van der Waals surface area contributed by atoms with Crippen LogP contribution in [-0.4, -0.2) is 32.1 Å². The number of rotatable bonds is 6. The lowest BCUT2D eigenvalue weighted by Crippen LogP contribution is -2.25. The van der Waals surface area contributed by atoms with Crippen molar-refractivity contribution in [1.29, 1.82) is 0 Å². The summed E-state index contributed by atoms with van der Waals surface area (Å²) in [6.45, 7) is 2.63. The number of likely N-dealkylation sites (N-methyl/N-ethyl adjacent to an activating group) is 1. The molecule has 1 N–H and O–H groups in total. The van der Waals surface area contributed by atoms with Crippen molar-refractivity contribution in [3.8, 4) is 11.3 Å². The van der Waals surface area contributed by atoms with Gasteiger partial charge in [-0.25, -0.2) is 0 Å². The monoisotopic (exact) mass is 312 g/mol. The molecule has 1 aromatic carbocycles.